The van der Waals surface area contributed by atoms with Crippen LogP contribution in [-0.2, 0) is 6.42 Å². The second-order valence-corrected chi connectivity index (χ2v) is 3.19. The average molecular weight is 233 g/mol. The highest BCUT2D eigenvalue weighted by atomic mass is 79.9. The van der Waals surface area contributed by atoms with Gasteiger partial charge in [-0.1, -0.05) is 15.9 Å². The van der Waals surface area contributed by atoms with Crippen molar-refractivity contribution in [3.63, 3.8) is 0 Å². The summed E-state index contributed by atoms with van der Waals surface area (Å²) in [6, 6.07) is 4.76. The van der Waals surface area contributed by atoms with Crippen LogP contribution in [-0.4, -0.2) is 12.4 Å². The van der Waals surface area contributed by atoms with E-state index in [0.29, 0.717) is 17.7 Å². The standard InChI is InChI=1S/C9H10BrFO/c1-12-8-2-3-9(11)7(6-8)4-5-10/h2-3,6H,4-5H2,1H3. The van der Waals surface area contributed by atoms with Crippen molar-refractivity contribution in [3.05, 3.63) is 29.6 Å². The van der Waals surface area contributed by atoms with E-state index in [0.717, 1.165) is 5.33 Å². The number of halogens is 2. The van der Waals surface area contributed by atoms with E-state index in [2.05, 4.69) is 15.9 Å². The molecule has 0 aliphatic heterocycles. The highest BCUT2D eigenvalue weighted by Crippen LogP contribution is 2.17. The van der Waals surface area contributed by atoms with Crippen LogP contribution in [0.5, 0.6) is 5.75 Å². The number of benzene rings is 1. The van der Waals surface area contributed by atoms with Gasteiger partial charge in [0.1, 0.15) is 11.6 Å². The van der Waals surface area contributed by atoms with Gasteiger partial charge in [-0.05, 0) is 30.2 Å². The lowest BCUT2D eigenvalue weighted by Gasteiger charge is -2.03. The van der Waals surface area contributed by atoms with Gasteiger partial charge >= 0.3 is 0 Å². The summed E-state index contributed by atoms with van der Waals surface area (Å²) in [4.78, 5) is 0. The van der Waals surface area contributed by atoms with Gasteiger partial charge in [0.05, 0.1) is 7.11 Å². The summed E-state index contributed by atoms with van der Waals surface area (Å²) >= 11 is 3.26. The molecule has 0 saturated heterocycles. The van der Waals surface area contributed by atoms with Crippen LogP contribution in [0.3, 0.4) is 0 Å². The van der Waals surface area contributed by atoms with Crippen LogP contribution in [0.2, 0.25) is 0 Å². The molecular weight excluding hydrogens is 223 g/mol. The molecule has 0 radical (unpaired) electrons. The summed E-state index contributed by atoms with van der Waals surface area (Å²) in [6.07, 6.45) is 0.684. The molecule has 0 atom stereocenters. The molecule has 0 saturated carbocycles. The molecule has 1 nitrogen and oxygen atoms in total. The Kier molecular flexibility index (Phi) is 3.53. The van der Waals surface area contributed by atoms with Crippen LogP contribution in [0.15, 0.2) is 18.2 Å². The number of alkyl halides is 1. The molecule has 0 fully saturated rings. The highest BCUT2D eigenvalue weighted by molar-refractivity contribution is 9.09. The topological polar surface area (TPSA) is 9.23 Å². The van der Waals surface area contributed by atoms with Gasteiger partial charge in [0, 0.05) is 5.33 Å². The van der Waals surface area contributed by atoms with Crippen LogP contribution in [0, 0.1) is 5.82 Å². The summed E-state index contributed by atoms with van der Waals surface area (Å²) in [7, 11) is 1.57. The van der Waals surface area contributed by atoms with Gasteiger partial charge in [0.25, 0.3) is 0 Å². The van der Waals surface area contributed by atoms with Gasteiger partial charge in [-0.3, -0.25) is 0 Å². The van der Waals surface area contributed by atoms with Crippen molar-refractivity contribution in [2.24, 2.45) is 0 Å². The smallest absolute Gasteiger partial charge is 0.126 e. The van der Waals surface area contributed by atoms with Crippen molar-refractivity contribution in [2.45, 2.75) is 6.42 Å². The van der Waals surface area contributed by atoms with E-state index in [1.165, 1.54) is 6.07 Å². The maximum Gasteiger partial charge on any atom is 0.126 e. The third-order valence-corrected chi connectivity index (χ3v) is 2.01. The van der Waals surface area contributed by atoms with Crippen molar-refractivity contribution < 1.29 is 9.13 Å². The largest absolute Gasteiger partial charge is 0.497 e. The minimum atomic E-state index is -0.171. The Morgan fingerprint density at radius 1 is 1.50 bits per heavy atom. The molecule has 0 heterocycles. The Balaban J connectivity index is 2.91. The number of ether oxygens (including phenoxy) is 1. The van der Waals surface area contributed by atoms with E-state index in [4.69, 9.17) is 4.74 Å². The number of rotatable bonds is 3. The highest BCUT2D eigenvalue weighted by Gasteiger charge is 2.02. The summed E-state index contributed by atoms with van der Waals surface area (Å²) in [5, 5.41) is 0.761. The fourth-order valence-electron chi connectivity index (χ4n) is 0.971. The van der Waals surface area contributed by atoms with Crippen LogP contribution in [0.1, 0.15) is 5.56 Å². The van der Waals surface area contributed by atoms with Crippen molar-refractivity contribution in [3.8, 4) is 5.75 Å². The van der Waals surface area contributed by atoms with Crippen molar-refractivity contribution in [1.82, 2.24) is 0 Å². The third-order valence-electron chi connectivity index (χ3n) is 1.62. The van der Waals surface area contributed by atoms with Gasteiger partial charge in [-0.15, -0.1) is 0 Å². The molecule has 3 heteroatoms. The van der Waals surface area contributed by atoms with Crippen molar-refractivity contribution in [2.75, 3.05) is 12.4 Å². The van der Waals surface area contributed by atoms with Gasteiger partial charge in [0.15, 0.2) is 0 Å². The maximum atomic E-state index is 13.0. The van der Waals surface area contributed by atoms with Crippen molar-refractivity contribution in [1.29, 1.82) is 0 Å². The predicted octanol–water partition coefficient (Wildman–Crippen LogP) is 2.77. The van der Waals surface area contributed by atoms with Gasteiger partial charge in [-0.25, -0.2) is 4.39 Å². The lowest BCUT2D eigenvalue weighted by molar-refractivity contribution is 0.413. The molecule has 0 aromatic heterocycles. The zero-order valence-corrected chi connectivity index (χ0v) is 8.40. The van der Waals surface area contributed by atoms with Gasteiger partial charge in [-0.2, -0.15) is 0 Å². The molecule has 0 bridgehead atoms. The van der Waals surface area contributed by atoms with E-state index in [-0.39, 0.29) is 5.82 Å². The molecule has 1 aromatic carbocycles. The quantitative estimate of drug-likeness (QED) is 0.729. The Morgan fingerprint density at radius 2 is 2.25 bits per heavy atom. The fourth-order valence-corrected chi connectivity index (χ4v) is 1.40. The third kappa shape index (κ3) is 2.21. The Bertz CT molecular complexity index is 263. The Labute approximate surface area is 79.7 Å². The first-order valence-corrected chi connectivity index (χ1v) is 4.78. The summed E-state index contributed by atoms with van der Waals surface area (Å²) in [5.41, 5.74) is 0.686. The maximum absolute atomic E-state index is 13.0. The zero-order chi connectivity index (χ0) is 8.97. The minimum Gasteiger partial charge on any atom is -0.497 e. The summed E-state index contributed by atoms with van der Waals surface area (Å²) < 4.78 is 18.0. The van der Waals surface area contributed by atoms with E-state index in [1.807, 2.05) is 0 Å². The Morgan fingerprint density at radius 3 is 2.83 bits per heavy atom. The molecule has 0 aliphatic carbocycles. The molecule has 1 rings (SSSR count). The molecule has 66 valence electrons. The van der Waals surface area contributed by atoms with Gasteiger partial charge in [0.2, 0.25) is 0 Å². The number of hydrogen-bond acceptors (Lipinski definition) is 1. The zero-order valence-electron chi connectivity index (χ0n) is 6.81. The van der Waals surface area contributed by atoms with E-state index in [1.54, 1.807) is 19.2 Å². The van der Waals surface area contributed by atoms with Gasteiger partial charge < -0.3 is 4.74 Å². The number of hydrogen-bond donors (Lipinski definition) is 0. The van der Waals surface area contributed by atoms with E-state index >= 15 is 0 Å². The second-order valence-electron chi connectivity index (χ2n) is 2.40. The first-order chi connectivity index (χ1) is 5.77. The van der Waals surface area contributed by atoms with Crippen LogP contribution < -0.4 is 4.74 Å². The SMILES string of the molecule is COc1ccc(F)c(CCBr)c1. The lowest BCUT2D eigenvalue weighted by Crippen LogP contribution is -1.93. The van der Waals surface area contributed by atoms with Crippen LogP contribution >= 0.6 is 15.9 Å². The fraction of sp³-hybridized carbons (Fsp3) is 0.333. The number of aryl methyl sites for hydroxylation is 1. The first-order valence-electron chi connectivity index (χ1n) is 3.66. The molecule has 0 amide bonds. The second kappa shape index (κ2) is 4.45. The molecule has 0 aliphatic rings. The minimum absolute atomic E-state index is 0.171. The normalized spacial score (nSPS) is 9.92. The van der Waals surface area contributed by atoms with Crippen LogP contribution in [0.4, 0.5) is 4.39 Å². The van der Waals surface area contributed by atoms with E-state index in [9.17, 15) is 4.39 Å². The van der Waals surface area contributed by atoms with E-state index < -0.39 is 0 Å². The molecule has 12 heavy (non-hydrogen) atoms. The summed E-state index contributed by atoms with van der Waals surface area (Å²) in [6.45, 7) is 0. The first kappa shape index (κ1) is 9.52. The molecule has 0 spiro atoms. The summed E-state index contributed by atoms with van der Waals surface area (Å²) in [5.74, 6) is 0.530. The monoisotopic (exact) mass is 232 g/mol. The molecule has 0 unspecified atom stereocenters. The van der Waals surface area contributed by atoms with Crippen molar-refractivity contribution >= 4 is 15.9 Å². The lowest BCUT2D eigenvalue weighted by atomic mass is 10.1. The Hall–Kier alpha value is -0.570. The average Bonchev–Trinajstić information content (AvgIpc) is 2.09. The van der Waals surface area contributed by atoms with Crippen LogP contribution in [0.25, 0.3) is 0 Å². The molecular formula is C9H10BrFO. The predicted molar refractivity (Wildman–Crippen MR) is 50.5 cm³/mol. The molecule has 0 N–H and O–H groups in total. The number of methoxy groups -OCH3 is 1. The molecule has 1 aromatic rings.